The van der Waals surface area contributed by atoms with Crippen LogP contribution in [0, 0.1) is 0 Å². The fraction of sp³-hybridized carbons (Fsp3) is 0.297. The maximum Gasteiger partial charge on any atom is 0.343 e. The van der Waals surface area contributed by atoms with Crippen LogP contribution in [0.5, 0.6) is 11.5 Å². The zero-order valence-corrected chi connectivity index (χ0v) is 27.3. The van der Waals surface area contributed by atoms with Crippen LogP contribution in [0.1, 0.15) is 38.1 Å². The second kappa shape index (κ2) is 16.9. The van der Waals surface area contributed by atoms with Crippen LogP contribution in [0.25, 0.3) is 22.3 Å². The highest BCUT2D eigenvalue weighted by Gasteiger charge is 2.15. The molecule has 0 heterocycles. The Morgan fingerprint density at radius 2 is 1.04 bits per heavy atom. The second-order valence-corrected chi connectivity index (χ2v) is 12.0. The average molecular weight is 629 g/mol. The Labute approximate surface area is 268 Å². The van der Waals surface area contributed by atoms with Gasteiger partial charge in [0.1, 0.15) is 24.2 Å². The first-order chi connectivity index (χ1) is 21.7. The van der Waals surface area contributed by atoms with Gasteiger partial charge in [0.05, 0.1) is 36.6 Å². The van der Waals surface area contributed by atoms with Crippen molar-refractivity contribution in [1.82, 2.24) is 0 Å². The largest absolute Gasteiger partial charge is 0.488 e. The highest BCUT2D eigenvalue weighted by Crippen LogP contribution is 2.27. The highest BCUT2D eigenvalue weighted by atomic mass is 31.0. The van der Waals surface area contributed by atoms with Gasteiger partial charge < -0.3 is 23.7 Å². The average Bonchev–Trinajstić information content (AvgIpc) is 3.06. The molecule has 0 bridgehead atoms. The summed E-state index contributed by atoms with van der Waals surface area (Å²) in [5.74, 6) is 0.369. The van der Waals surface area contributed by atoms with E-state index in [1.54, 1.807) is 43.3 Å². The van der Waals surface area contributed by atoms with Gasteiger partial charge in [-0.3, -0.25) is 4.79 Å². The maximum absolute atomic E-state index is 12.7. The van der Waals surface area contributed by atoms with Crippen LogP contribution in [-0.4, -0.2) is 55.7 Å². The molecule has 0 N–H and O–H groups in total. The van der Waals surface area contributed by atoms with Gasteiger partial charge in [0.2, 0.25) is 0 Å². The fourth-order valence-corrected chi connectivity index (χ4v) is 4.43. The quantitative estimate of drug-likeness (QED) is 0.0761. The molecule has 4 rings (SSSR count). The van der Waals surface area contributed by atoms with Crippen LogP contribution in [0.3, 0.4) is 0 Å². The molecule has 0 fully saturated rings. The van der Waals surface area contributed by atoms with Gasteiger partial charge in [-0.25, -0.2) is 4.79 Å². The van der Waals surface area contributed by atoms with Crippen molar-refractivity contribution in [2.75, 3.05) is 19.8 Å². The summed E-state index contributed by atoms with van der Waals surface area (Å²) in [7, 11) is 2.41. The third-order valence-electron chi connectivity index (χ3n) is 6.88. The van der Waals surface area contributed by atoms with E-state index in [1.165, 1.54) is 5.56 Å². The van der Waals surface area contributed by atoms with Gasteiger partial charge in [-0.2, -0.15) is 0 Å². The van der Waals surface area contributed by atoms with Gasteiger partial charge in [0.15, 0.2) is 0 Å². The van der Waals surface area contributed by atoms with Gasteiger partial charge in [-0.1, -0.05) is 66.7 Å². The summed E-state index contributed by atoms with van der Waals surface area (Å²) in [6.45, 7) is 8.34. The number of rotatable bonds is 15. The Hall–Kier alpha value is -4.03. The number of hydrogen-bond acceptors (Lipinski definition) is 7. The number of carbonyl (C=O) groups excluding carboxylic acids is 2. The standard InChI is InChI=1S/C37H41O7P/c1-25(22-40-26(2)23-42-36(38)28(4)45)41-24-27(3)43-34-20-16-33(17-21-34)37(39)44-35-18-14-32(15-19-35)31-12-10-30(11-13-31)29-8-6-5-7-9-29/h5-21,25-28H,22-24,45H2,1-4H3. The summed E-state index contributed by atoms with van der Waals surface area (Å²) < 4.78 is 28.3. The molecule has 0 saturated heterocycles. The van der Waals surface area contributed by atoms with Crippen LogP contribution in [0.4, 0.5) is 0 Å². The van der Waals surface area contributed by atoms with Crippen LogP contribution >= 0.6 is 9.24 Å². The van der Waals surface area contributed by atoms with E-state index in [0.717, 1.165) is 16.7 Å². The lowest BCUT2D eigenvalue weighted by atomic mass is 10.0. The van der Waals surface area contributed by atoms with Crippen LogP contribution in [-0.2, 0) is 19.0 Å². The molecule has 0 aliphatic carbocycles. The molecule has 0 aromatic heterocycles. The van der Waals surface area contributed by atoms with Crippen molar-refractivity contribution < 1.29 is 33.3 Å². The Balaban J connectivity index is 1.19. The van der Waals surface area contributed by atoms with Crippen LogP contribution < -0.4 is 9.47 Å². The minimum absolute atomic E-state index is 0.166. The zero-order chi connectivity index (χ0) is 32.2. The zero-order valence-electron chi connectivity index (χ0n) is 26.2. The fourth-order valence-electron chi connectivity index (χ4n) is 4.33. The number of esters is 2. The number of benzene rings is 4. The van der Waals surface area contributed by atoms with E-state index >= 15 is 0 Å². The van der Waals surface area contributed by atoms with Crippen LogP contribution in [0.2, 0.25) is 0 Å². The summed E-state index contributed by atoms with van der Waals surface area (Å²) in [6, 6.07) is 33.0. The molecule has 5 atom stereocenters. The molecule has 4 aromatic carbocycles. The summed E-state index contributed by atoms with van der Waals surface area (Å²) in [6.07, 6.45) is -0.619. The molecule has 0 amide bonds. The van der Waals surface area contributed by atoms with Gasteiger partial charge in [0, 0.05) is 0 Å². The Kier molecular flexibility index (Phi) is 12.7. The Morgan fingerprint density at radius 1 is 0.578 bits per heavy atom. The highest BCUT2D eigenvalue weighted by molar-refractivity contribution is 7.19. The van der Waals surface area contributed by atoms with E-state index in [4.69, 9.17) is 23.7 Å². The van der Waals surface area contributed by atoms with Crippen LogP contribution in [0.15, 0.2) is 103 Å². The monoisotopic (exact) mass is 628 g/mol. The van der Waals surface area contributed by atoms with Gasteiger partial charge in [-0.05, 0) is 86.3 Å². The first-order valence-electron chi connectivity index (χ1n) is 15.1. The van der Waals surface area contributed by atoms with E-state index in [1.807, 2.05) is 51.1 Å². The molecule has 4 aromatic rings. The lowest BCUT2D eigenvalue weighted by Gasteiger charge is -2.20. The summed E-state index contributed by atoms with van der Waals surface area (Å²) in [5.41, 5.74) is 4.63. The van der Waals surface area contributed by atoms with E-state index in [9.17, 15) is 9.59 Å². The summed E-state index contributed by atoms with van der Waals surface area (Å²) in [4.78, 5) is 24.3. The molecule has 45 heavy (non-hydrogen) atoms. The number of hydrogen-bond donors (Lipinski definition) is 0. The predicted molar refractivity (Wildman–Crippen MR) is 180 cm³/mol. The molecule has 0 spiro atoms. The van der Waals surface area contributed by atoms with E-state index < -0.39 is 5.97 Å². The maximum atomic E-state index is 12.7. The first kappa shape index (κ1) is 33.9. The van der Waals surface area contributed by atoms with Crippen molar-refractivity contribution >= 4 is 21.2 Å². The molecule has 5 unspecified atom stereocenters. The molecular weight excluding hydrogens is 587 g/mol. The first-order valence-corrected chi connectivity index (χ1v) is 15.7. The minimum Gasteiger partial charge on any atom is -0.488 e. The molecule has 8 heteroatoms. The smallest absolute Gasteiger partial charge is 0.343 e. The molecule has 236 valence electrons. The molecule has 0 radical (unpaired) electrons. The second-order valence-electron chi connectivity index (χ2n) is 11.0. The number of ether oxygens (including phenoxy) is 5. The van der Waals surface area contributed by atoms with Crippen molar-refractivity contribution in [3.8, 4) is 33.8 Å². The third kappa shape index (κ3) is 10.8. The van der Waals surface area contributed by atoms with E-state index in [-0.39, 0.29) is 36.5 Å². The molecular formula is C37H41O7P. The lowest BCUT2D eigenvalue weighted by Crippen LogP contribution is -2.28. The Bertz CT molecular complexity index is 1490. The van der Waals surface area contributed by atoms with Gasteiger partial charge in [0.25, 0.3) is 0 Å². The topological polar surface area (TPSA) is 80.3 Å². The van der Waals surface area contributed by atoms with Gasteiger partial charge >= 0.3 is 11.9 Å². The molecule has 0 aliphatic rings. The Morgan fingerprint density at radius 3 is 1.60 bits per heavy atom. The summed E-state index contributed by atoms with van der Waals surface area (Å²) in [5, 5.41) is 0. The van der Waals surface area contributed by atoms with Crippen molar-refractivity contribution in [3.63, 3.8) is 0 Å². The molecule has 7 nitrogen and oxygen atoms in total. The van der Waals surface area contributed by atoms with Crippen molar-refractivity contribution in [2.24, 2.45) is 0 Å². The van der Waals surface area contributed by atoms with Crippen molar-refractivity contribution in [2.45, 2.75) is 51.7 Å². The van der Waals surface area contributed by atoms with E-state index in [2.05, 4.69) is 45.6 Å². The minimum atomic E-state index is -0.446. The predicted octanol–water partition coefficient (Wildman–Crippen LogP) is 7.62. The normalized spacial score (nSPS) is 13.7. The summed E-state index contributed by atoms with van der Waals surface area (Å²) >= 11 is 0. The van der Waals surface area contributed by atoms with E-state index in [0.29, 0.717) is 30.3 Å². The van der Waals surface area contributed by atoms with Crippen molar-refractivity contribution in [3.05, 3.63) is 109 Å². The molecule has 0 aliphatic heterocycles. The van der Waals surface area contributed by atoms with Gasteiger partial charge in [-0.15, -0.1) is 9.24 Å². The lowest BCUT2D eigenvalue weighted by molar-refractivity contribution is -0.147. The SMILES string of the molecule is CC(COC(=O)C(C)P)OCC(C)OCC(C)Oc1ccc(C(=O)Oc2ccc(-c3ccc(-c4ccccc4)cc3)cc2)cc1. The number of carbonyl (C=O) groups is 2. The molecule has 0 saturated carbocycles. The van der Waals surface area contributed by atoms with Crippen molar-refractivity contribution in [1.29, 1.82) is 0 Å². The third-order valence-corrected chi connectivity index (χ3v) is 7.15.